The minimum atomic E-state index is 0.0429. The van der Waals surface area contributed by atoms with Crippen molar-refractivity contribution in [1.29, 1.82) is 0 Å². The van der Waals surface area contributed by atoms with Gasteiger partial charge in [0.2, 0.25) is 0 Å². The summed E-state index contributed by atoms with van der Waals surface area (Å²) in [5.41, 5.74) is 6.00. The van der Waals surface area contributed by atoms with Crippen molar-refractivity contribution in [1.82, 2.24) is 14.8 Å². The van der Waals surface area contributed by atoms with Crippen molar-refractivity contribution < 1.29 is 4.79 Å². The maximum Gasteiger partial charge on any atom is 0.267 e. The molecule has 1 aromatic rings. The molecule has 116 valence electrons. The maximum absolute atomic E-state index is 12.6. The summed E-state index contributed by atoms with van der Waals surface area (Å²) in [6.07, 6.45) is 3.67. The number of thiazole rings is 1. The number of nitrogen functional groups attached to an aromatic ring is 1. The predicted molar refractivity (Wildman–Crippen MR) is 86.0 cm³/mol. The second-order valence-corrected chi connectivity index (χ2v) is 6.83. The Hall–Kier alpha value is -1.34. The molecule has 0 atom stereocenters. The van der Waals surface area contributed by atoms with Crippen LogP contribution in [0, 0.1) is 0 Å². The number of carbonyl (C=O) groups excluding carboxylic acids is 1. The van der Waals surface area contributed by atoms with Crippen molar-refractivity contribution >= 4 is 28.2 Å². The monoisotopic (exact) mass is 309 g/mol. The summed E-state index contributed by atoms with van der Waals surface area (Å²) in [6, 6.07) is 0. The zero-order chi connectivity index (χ0) is 14.8. The number of hydrogen-bond acceptors (Lipinski definition) is 6. The van der Waals surface area contributed by atoms with Crippen LogP contribution in [0.2, 0.25) is 0 Å². The molecule has 3 rings (SSSR count). The van der Waals surface area contributed by atoms with E-state index in [-0.39, 0.29) is 5.91 Å². The van der Waals surface area contributed by atoms with E-state index in [4.69, 9.17) is 5.73 Å². The number of nitrogens with two attached hydrogens (primary N) is 1. The Morgan fingerprint density at radius 3 is 2.43 bits per heavy atom. The van der Waals surface area contributed by atoms with Gasteiger partial charge in [0, 0.05) is 39.3 Å². The predicted octanol–water partition coefficient (Wildman–Crippen LogP) is 1.10. The number of carbonyl (C=O) groups is 1. The van der Waals surface area contributed by atoms with E-state index in [1.54, 1.807) is 0 Å². The third-order valence-electron chi connectivity index (χ3n) is 4.25. The van der Waals surface area contributed by atoms with Crippen LogP contribution in [0.25, 0.3) is 0 Å². The largest absolute Gasteiger partial charge is 0.382 e. The van der Waals surface area contributed by atoms with Gasteiger partial charge in [-0.3, -0.25) is 4.79 Å². The molecular formula is C14H23N5OS. The number of nitrogens with zero attached hydrogens (tertiary/aromatic N) is 4. The summed E-state index contributed by atoms with van der Waals surface area (Å²) in [4.78, 5) is 24.0. The van der Waals surface area contributed by atoms with Crippen LogP contribution in [0.4, 0.5) is 10.9 Å². The van der Waals surface area contributed by atoms with Crippen molar-refractivity contribution in [2.45, 2.75) is 19.3 Å². The van der Waals surface area contributed by atoms with Crippen LogP contribution in [0.15, 0.2) is 0 Å². The van der Waals surface area contributed by atoms with Gasteiger partial charge in [-0.25, -0.2) is 4.98 Å². The van der Waals surface area contributed by atoms with E-state index in [1.807, 2.05) is 4.90 Å². The number of piperazine rings is 1. The number of amides is 1. The molecule has 2 aliphatic rings. The summed E-state index contributed by atoms with van der Waals surface area (Å²) in [7, 11) is 2.08. The maximum atomic E-state index is 12.6. The second-order valence-electron chi connectivity index (χ2n) is 5.85. The van der Waals surface area contributed by atoms with Gasteiger partial charge in [-0.05, 0) is 26.3 Å². The van der Waals surface area contributed by atoms with Crippen LogP contribution in [0.1, 0.15) is 28.9 Å². The van der Waals surface area contributed by atoms with Gasteiger partial charge in [0.05, 0.1) is 0 Å². The highest BCUT2D eigenvalue weighted by Crippen LogP contribution is 2.31. The van der Waals surface area contributed by atoms with E-state index >= 15 is 0 Å². The van der Waals surface area contributed by atoms with Crippen molar-refractivity contribution in [3.63, 3.8) is 0 Å². The first-order valence-electron chi connectivity index (χ1n) is 7.64. The van der Waals surface area contributed by atoms with Gasteiger partial charge < -0.3 is 20.4 Å². The minimum Gasteiger partial charge on any atom is -0.382 e. The lowest BCUT2D eigenvalue weighted by Gasteiger charge is -2.32. The smallest absolute Gasteiger partial charge is 0.267 e. The number of piperidine rings is 1. The Kier molecular flexibility index (Phi) is 4.30. The minimum absolute atomic E-state index is 0.0429. The van der Waals surface area contributed by atoms with E-state index in [0.717, 1.165) is 44.4 Å². The Morgan fingerprint density at radius 1 is 1.10 bits per heavy atom. The Morgan fingerprint density at radius 2 is 1.76 bits per heavy atom. The van der Waals surface area contributed by atoms with Crippen LogP contribution in [0.5, 0.6) is 0 Å². The normalized spacial score (nSPS) is 20.8. The molecule has 0 unspecified atom stereocenters. The van der Waals surface area contributed by atoms with E-state index < -0.39 is 0 Å². The lowest BCUT2D eigenvalue weighted by atomic mass is 10.1. The zero-order valence-electron chi connectivity index (χ0n) is 12.5. The third-order valence-corrected chi connectivity index (χ3v) is 5.37. The Labute approximate surface area is 129 Å². The molecule has 1 amide bonds. The van der Waals surface area contributed by atoms with Gasteiger partial charge in [-0.1, -0.05) is 11.3 Å². The van der Waals surface area contributed by atoms with Crippen LogP contribution in [-0.4, -0.2) is 67.0 Å². The Bertz CT molecular complexity index is 503. The first-order valence-corrected chi connectivity index (χ1v) is 8.46. The third kappa shape index (κ3) is 3.13. The molecule has 6 nitrogen and oxygen atoms in total. The molecule has 1 aromatic heterocycles. The van der Waals surface area contributed by atoms with E-state index in [1.165, 1.54) is 30.6 Å². The van der Waals surface area contributed by atoms with E-state index in [2.05, 4.69) is 21.8 Å². The number of anilines is 2. The van der Waals surface area contributed by atoms with E-state index in [9.17, 15) is 4.79 Å². The highest BCUT2D eigenvalue weighted by molar-refractivity contribution is 7.18. The number of rotatable bonds is 2. The lowest BCUT2D eigenvalue weighted by molar-refractivity contribution is 0.0670. The van der Waals surface area contributed by atoms with Gasteiger partial charge in [-0.15, -0.1) is 0 Å². The lowest BCUT2D eigenvalue weighted by Crippen LogP contribution is -2.47. The van der Waals surface area contributed by atoms with Crippen LogP contribution < -0.4 is 10.6 Å². The average molecular weight is 309 g/mol. The molecule has 0 aromatic carbocycles. The molecule has 7 heteroatoms. The summed E-state index contributed by atoms with van der Waals surface area (Å²) in [6.45, 7) is 5.43. The van der Waals surface area contributed by atoms with Crippen LogP contribution in [0.3, 0.4) is 0 Å². The molecule has 0 bridgehead atoms. The molecule has 0 spiro atoms. The van der Waals surface area contributed by atoms with E-state index in [0.29, 0.717) is 10.7 Å². The van der Waals surface area contributed by atoms with Gasteiger partial charge in [0.1, 0.15) is 10.7 Å². The highest BCUT2D eigenvalue weighted by Gasteiger charge is 2.26. The van der Waals surface area contributed by atoms with Crippen molar-refractivity contribution in [2.75, 3.05) is 56.9 Å². The average Bonchev–Trinajstić information content (AvgIpc) is 2.90. The quantitative estimate of drug-likeness (QED) is 0.886. The summed E-state index contributed by atoms with van der Waals surface area (Å²) < 4.78 is 0. The SMILES string of the molecule is CN1CCN(C(=O)c2sc(N3CCCCC3)nc2N)CC1. The van der Waals surface area contributed by atoms with Gasteiger partial charge in [0.15, 0.2) is 5.13 Å². The molecule has 0 radical (unpaired) electrons. The summed E-state index contributed by atoms with van der Waals surface area (Å²) in [5, 5.41) is 0.907. The van der Waals surface area contributed by atoms with Crippen LogP contribution in [-0.2, 0) is 0 Å². The molecule has 0 aliphatic carbocycles. The van der Waals surface area contributed by atoms with Crippen molar-refractivity contribution in [3.05, 3.63) is 4.88 Å². The topological polar surface area (TPSA) is 65.7 Å². The number of hydrogen-bond donors (Lipinski definition) is 1. The Balaban J connectivity index is 1.72. The summed E-state index contributed by atoms with van der Waals surface area (Å²) in [5.74, 6) is 0.436. The van der Waals surface area contributed by atoms with Gasteiger partial charge in [-0.2, -0.15) is 0 Å². The fourth-order valence-electron chi connectivity index (χ4n) is 2.85. The standard InChI is InChI=1S/C14H23N5OS/c1-17-7-9-18(10-8-17)13(20)11-12(15)16-14(21-11)19-5-3-2-4-6-19/h2-10,15H2,1H3. The molecule has 0 saturated carbocycles. The molecule has 2 saturated heterocycles. The fourth-order valence-corrected chi connectivity index (χ4v) is 3.85. The molecule has 2 fully saturated rings. The molecular weight excluding hydrogens is 286 g/mol. The first-order chi connectivity index (χ1) is 10.1. The molecule has 3 heterocycles. The molecule has 2 N–H and O–H groups in total. The van der Waals surface area contributed by atoms with Gasteiger partial charge in [0.25, 0.3) is 5.91 Å². The van der Waals surface area contributed by atoms with Gasteiger partial charge >= 0.3 is 0 Å². The second kappa shape index (κ2) is 6.19. The number of aromatic nitrogens is 1. The molecule has 2 aliphatic heterocycles. The highest BCUT2D eigenvalue weighted by atomic mass is 32.1. The number of likely N-dealkylation sites (N-methyl/N-ethyl adjacent to an activating group) is 1. The fraction of sp³-hybridized carbons (Fsp3) is 0.714. The van der Waals surface area contributed by atoms with Crippen LogP contribution >= 0.6 is 11.3 Å². The summed E-state index contributed by atoms with van der Waals surface area (Å²) >= 11 is 1.45. The van der Waals surface area contributed by atoms with Crippen molar-refractivity contribution in [3.8, 4) is 0 Å². The van der Waals surface area contributed by atoms with Crippen molar-refractivity contribution in [2.24, 2.45) is 0 Å². The zero-order valence-corrected chi connectivity index (χ0v) is 13.4. The molecule has 21 heavy (non-hydrogen) atoms. The first kappa shape index (κ1) is 14.6.